The lowest BCUT2D eigenvalue weighted by Gasteiger charge is -2.26. The van der Waals surface area contributed by atoms with Crippen LogP contribution >= 0.6 is 0 Å². The fourth-order valence-electron chi connectivity index (χ4n) is 4.94. The second-order valence-electron chi connectivity index (χ2n) is 11.0. The Morgan fingerprint density at radius 3 is 2.19 bits per heavy atom. The number of H-pyrrole nitrogens is 1. The lowest BCUT2D eigenvalue weighted by Crippen LogP contribution is -2.58. The molecule has 43 heavy (non-hydrogen) atoms. The van der Waals surface area contributed by atoms with Crippen LogP contribution in [0.3, 0.4) is 0 Å². The lowest BCUT2D eigenvalue weighted by molar-refractivity contribution is -0.144. The number of benzene rings is 2. The maximum Gasteiger partial charge on any atom is 0.326 e. The molecule has 0 spiro atoms. The summed E-state index contributed by atoms with van der Waals surface area (Å²) >= 11 is 0. The number of rotatable bonds is 17. The molecule has 1 aromatic heterocycles. The summed E-state index contributed by atoms with van der Waals surface area (Å²) in [4.78, 5) is 55.2. The summed E-state index contributed by atoms with van der Waals surface area (Å²) in [6.07, 6.45) is 4.21. The zero-order valence-electron chi connectivity index (χ0n) is 24.8. The first-order valence-electron chi connectivity index (χ1n) is 14.8. The highest BCUT2D eigenvalue weighted by molar-refractivity contribution is 5.94. The summed E-state index contributed by atoms with van der Waals surface area (Å²) in [6.45, 7) is 3.99. The van der Waals surface area contributed by atoms with E-state index in [4.69, 9.17) is 11.5 Å². The number of carboxylic acids is 1. The summed E-state index contributed by atoms with van der Waals surface area (Å²) in [5.74, 6) is -3.13. The SMILES string of the molecule is CCC(C)C(NC(=O)C(CCCCN)NC(=O)C(Cc1ccccc1)NC(=O)C(N)Cc1c[nH]c2ccccc12)C(=O)O. The Kier molecular flexibility index (Phi) is 12.7. The number of hydrogen-bond acceptors (Lipinski definition) is 6. The van der Waals surface area contributed by atoms with Crippen molar-refractivity contribution in [1.82, 2.24) is 20.9 Å². The normalized spacial score (nSPS) is 14.7. The molecule has 0 bridgehead atoms. The highest BCUT2D eigenvalue weighted by atomic mass is 16.4. The van der Waals surface area contributed by atoms with Gasteiger partial charge in [0, 0.05) is 23.5 Å². The van der Waals surface area contributed by atoms with Gasteiger partial charge in [0.15, 0.2) is 0 Å². The zero-order chi connectivity index (χ0) is 31.4. The van der Waals surface area contributed by atoms with Crippen molar-refractivity contribution in [2.45, 2.75) is 76.5 Å². The van der Waals surface area contributed by atoms with Crippen molar-refractivity contribution >= 4 is 34.6 Å². The number of carboxylic acid groups (broad SMARTS) is 1. The molecule has 3 rings (SSSR count). The Morgan fingerprint density at radius 1 is 0.860 bits per heavy atom. The predicted octanol–water partition coefficient (Wildman–Crippen LogP) is 1.99. The third kappa shape index (κ3) is 9.65. The summed E-state index contributed by atoms with van der Waals surface area (Å²) in [5, 5.41) is 18.8. The van der Waals surface area contributed by atoms with E-state index in [9.17, 15) is 24.3 Å². The second-order valence-corrected chi connectivity index (χ2v) is 11.0. The van der Waals surface area contributed by atoms with Crippen LogP contribution in [0.15, 0.2) is 60.8 Å². The quantitative estimate of drug-likeness (QED) is 0.117. The molecule has 0 aliphatic carbocycles. The number of nitrogens with one attached hydrogen (secondary N) is 4. The molecule has 3 amide bonds. The van der Waals surface area contributed by atoms with Gasteiger partial charge in [-0.3, -0.25) is 14.4 Å². The van der Waals surface area contributed by atoms with E-state index in [1.807, 2.05) is 67.7 Å². The van der Waals surface area contributed by atoms with Crippen LogP contribution in [0.2, 0.25) is 0 Å². The number of amides is 3. The Balaban J connectivity index is 1.78. The van der Waals surface area contributed by atoms with E-state index in [2.05, 4.69) is 20.9 Å². The van der Waals surface area contributed by atoms with Crippen molar-refractivity contribution in [3.05, 3.63) is 71.9 Å². The van der Waals surface area contributed by atoms with Crippen molar-refractivity contribution in [2.24, 2.45) is 17.4 Å². The molecular weight excluding hydrogens is 548 g/mol. The first kappa shape index (κ1) is 33.3. The fourth-order valence-corrected chi connectivity index (χ4v) is 4.94. The van der Waals surface area contributed by atoms with Crippen molar-refractivity contribution in [2.75, 3.05) is 6.54 Å². The number of carbonyl (C=O) groups is 4. The molecule has 0 fully saturated rings. The maximum atomic E-state index is 13.7. The number of aromatic amines is 1. The van der Waals surface area contributed by atoms with E-state index in [1.165, 1.54) is 0 Å². The van der Waals surface area contributed by atoms with Crippen LogP contribution in [0.25, 0.3) is 10.9 Å². The van der Waals surface area contributed by atoms with Crippen LogP contribution in [0.1, 0.15) is 50.7 Å². The van der Waals surface area contributed by atoms with Gasteiger partial charge in [-0.25, -0.2) is 4.79 Å². The van der Waals surface area contributed by atoms with Gasteiger partial charge in [-0.1, -0.05) is 68.8 Å². The summed E-state index contributed by atoms with van der Waals surface area (Å²) < 4.78 is 0. The van der Waals surface area contributed by atoms with Crippen LogP contribution < -0.4 is 27.4 Å². The third-order valence-corrected chi connectivity index (χ3v) is 7.72. The number of nitrogens with two attached hydrogens (primary N) is 2. The van der Waals surface area contributed by atoms with Crippen LogP contribution in [-0.2, 0) is 32.0 Å². The standard InChI is InChI=1S/C32H44N6O5/c1-3-20(2)28(32(42)43)38-30(40)26(15-9-10-16-33)36-31(41)27(17-21-11-5-4-6-12-21)37-29(39)24(34)18-22-19-35-25-14-8-7-13-23(22)25/h4-8,11-14,19-20,24,26-28,35H,3,9-10,15-18,33-34H2,1-2H3,(H,36,41)(H,37,39)(H,38,40)(H,42,43). The van der Waals surface area contributed by atoms with E-state index < -0.39 is 47.9 Å². The Morgan fingerprint density at radius 2 is 1.51 bits per heavy atom. The van der Waals surface area contributed by atoms with Gasteiger partial charge in [-0.05, 0) is 55.3 Å². The average molecular weight is 593 g/mol. The Hall–Kier alpha value is -4.22. The maximum absolute atomic E-state index is 13.7. The van der Waals surface area contributed by atoms with Gasteiger partial charge in [0.1, 0.15) is 18.1 Å². The smallest absolute Gasteiger partial charge is 0.326 e. The highest BCUT2D eigenvalue weighted by Gasteiger charge is 2.32. The van der Waals surface area contributed by atoms with Crippen LogP contribution in [0, 0.1) is 5.92 Å². The Bertz CT molecular complexity index is 1360. The number of aromatic nitrogens is 1. The van der Waals surface area contributed by atoms with Gasteiger partial charge in [-0.15, -0.1) is 0 Å². The number of para-hydroxylation sites is 1. The van der Waals surface area contributed by atoms with Crippen molar-refractivity contribution in [3.8, 4) is 0 Å². The predicted molar refractivity (Wildman–Crippen MR) is 166 cm³/mol. The molecule has 0 radical (unpaired) electrons. The molecule has 0 aliphatic heterocycles. The van der Waals surface area contributed by atoms with Gasteiger partial charge in [0.2, 0.25) is 17.7 Å². The minimum atomic E-state index is -1.15. The van der Waals surface area contributed by atoms with Gasteiger partial charge in [0.05, 0.1) is 6.04 Å². The number of unbranched alkanes of at least 4 members (excludes halogenated alkanes) is 1. The molecule has 232 valence electrons. The molecule has 1 heterocycles. The second kappa shape index (κ2) is 16.4. The monoisotopic (exact) mass is 592 g/mol. The van der Waals surface area contributed by atoms with Gasteiger partial charge in [-0.2, -0.15) is 0 Å². The Labute approximate surface area is 252 Å². The topological polar surface area (TPSA) is 192 Å². The minimum absolute atomic E-state index is 0.167. The van der Waals surface area contributed by atoms with E-state index in [0.29, 0.717) is 25.8 Å². The average Bonchev–Trinajstić information content (AvgIpc) is 3.41. The van der Waals surface area contributed by atoms with Crippen molar-refractivity contribution < 1.29 is 24.3 Å². The van der Waals surface area contributed by atoms with Gasteiger partial charge < -0.3 is 37.5 Å². The lowest BCUT2D eigenvalue weighted by atomic mass is 9.98. The molecule has 0 saturated carbocycles. The first-order valence-corrected chi connectivity index (χ1v) is 14.8. The van der Waals surface area contributed by atoms with Gasteiger partial charge >= 0.3 is 5.97 Å². The van der Waals surface area contributed by atoms with E-state index in [1.54, 1.807) is 6.92 Å². The van der Waals surface area contributed by atoms with E-state index in [-0.39, 0.29) is 25.2 Å². The zero-order valence-corrected chi connectivity index (χ0v) is 24.8. The molecule has 2 aromatic carbocycles. The summed E-state index contributed by atoms with van der Waals surface area (Å²) in [6, 6.07) is 12.8. The fraction of sp³-hybridized carbons (Fsp3) is 0.438. The van der Waals surface area contributed by atoms with Crippen LogP contribution in [0.5, 0.6) is 0 Å². The third-order valence-electron chi connectivity index (χ3n) is 7.72. The molecule has 0 saturated heterocycles. The van der Waals surface area contributed by atoms with Gasteiger partial charge in [0.25, 0.3) is 0 Å². The van der Waals surface area contributed by atoms with E-state index >= 15 is 0 Å². The molecule has 11 heteroatoms. The summed E-state index contributed by atoms with van der Waals surface area (Å²) in [7, 11) is 0. The molecule has 3 aromatic rings. The number of fused-ring (bicyclic) bond motifs is 1. The number of aliphatic carboxylic acids is 1. The first-order chi connectivity index (χ1) is 20.6. The minimum Gasteiger partial charge on any atom is -0.480 e. The van der Waals surface area contributed by atoms with Crippen molar-refractivity contribution in [3.63, 3.8) is 0 Å². The number of hydrogen-bond donors (Lipinski definition) is 7. The largest absolute Gasteiger partial charge is 0.480 e. The van der Waals surface area contributed by atoms with Crippen molar-refractivity contribution in [1.29, 1.82) is 0 Å². The van der Waals surface area contributed by atoms with Crippen LogP contribution in [0.4, 0.5) is 0 Å². The summed E-state index contributed by atoms with van der Waals surface area (Å²) in [5.41, 5.74) is 14.6. The molecule has 9 N–H and O–H groups in total. The molecule has 5 unspecified atom stereocenters. The molecular formula is C32H44N6O5. The highest BCUT2D eigenvalue weighted by Crippen LogP contribution is 2.19. The number of carbonyl (C=O) groups excluding carboxylic acids is 3. The van der Waals surface area contributed by atoms with Crippen LogP contribution in [-0.4, -0.2) is 64.5 Å². The molecule has 5 atom stereocenters. The van der Waals surface area contributed by atoms with E-state index in [0.717, 1.165) is 22.0 Å². The molecule has 11 nitrogen and oxygen atoms in total. The molecule has 0 aliphatic rings.